The first-order chi connectivity index (χ1) is 15.0. The van der Waals surface area contributed by atoms with Crippen LogP contribution in [0.4, 0.5) is 0 Å². The SMILES string of the molecule is [2H]C([2H])(O)C([2H])(OC(=O)CCCC=CCC=CCC=CCC=CCCCCC)C([2H])([2H])O. The summed E-state index contributed by atoms with van der Waals surface area (Å²) in [6.07, 6.45) is 21.3. The zero-order valence-electron chi connectivity index (χ0n) is 21.4. The van der Waals surface area contributed by atoms with E-state index in [0.717, 1.165) is 25.7 Å². The van der Waals surface area contributed by atoms with Crippen LogP contribution in [0.25, 0.3) is 0 Å². The molecular weight excluding hydrogens is 340 g/mol. The standard InChI is InChI=1S/C23H38O4/c1-2-3-4-5-6-7-8-9-10-11-12-13-14-15-16-17-18-19-23(26)27-22(20-24)21-25/h6-7,9-10,12-13,15-16,22,24-25H,2-5,8,11,14,17-21H2,1H3/i20D2,21D2,22D. The van der Waals surface area contributed by atoms with Crippen LogP contribution < -0.4 is 0 Å². The maximum Gasteiger partial charge on any atom is 0.306 e. The highest BCUT2D eigenvalue weighted by atomic mass is 16.6. The Balaban J connectivity index is 4.00. The van der Waals surface area contributed by atoms with Crippen molar-refractivity contribution in [2.24, 2.45) is 0 Å². The molecule has 0 spiro atoms. The Morgan fingerprint density at radius 2 is 1.37 bits per heavy atom. The minimum Gasteiger partial charge on any atom is -0.457 e. The van der Waals surface area contributed by atoms with Gasteiger partial charge in [0.05, 0.1) is 20.0 Å². The van der Waals surface area contributed by atoms with Gasteiger partial charge in [0.15, 0.2) is 0 Å². The third-order valence-corrected chi connectivity index (χ3v) is 3.63. The summed E-state index contributed by atoms with van der Waals surface area (Å²) in [5, 5.41) is 18.6. The summed E-state index contributed by atoms with van der Waals surface area (Å²) in [4.78, 5) is 11.8. The number of carbonyl (C=O) groups excluding carboxylic acids is 1. The molecule has 27 heavy (non-hydrogen) atoms. The third-order valence-electron chi connectivity index (χ3n) is 3.63. The minimum absolute atomic E-state index is 0.204. The Morgan fingerprint density at radius 1 is 0.889 bits per heavy atom. The highest BCUT2D eigenvalue weighted by molar-refractivity contribution is 5.69. The molecule has 0 radical (unpaired) electrons. The van der Waals surface area contributed by atoms with Gasteiger partial charge in [-0.1, -0.05) is 68.4 Å². The van der Waals surface area contributed by atoms with E-state index in [9.17, 15) is 15.0 Å². The number of aliphatic hydroxyl groups is 2. The molecule has 0 saturated heterocycles. The molecule has 0 saturated carbocycles. The summed E-state index contributed by atoms with van der Waals surface area (Å²) in [5.41, 5.74) is 0. The van der Waals surface area contributed by atoms with Gasteiger partial charge in [-0.3, -0.25) is 4.79 Å². The van der Waals surface area contributed by atoms with Crippen LogP contribution in [0.3, 0.4) is 0 Å². The van der Waals surface area contributed by atoms with Gasteiger partial charge in [-0.05, 0) is 44.9 Å². The molecule has 0 aliphatic heterocycles. The van der Waals surface area contributed by atoms with Crippen LogP contribution in [0.5, 0.6) is 0 Å². The zero-order valence-corrected chi connectivity index (χ0v) is 16.4. The maximum atomic E-state index is 11.8. The van der Waals surface area contributed by atoms with E-state index >= 15 is 0 Å². The van der Waals surface area contributed by atoms with Gasteiger partial charge in [0, 0.05) is 6.42 Å². The van der Waals surface area contributed by atoms with E-state index in [1.54, 1.807) is 0 Å². The van der Waals surface area contributed by atoms with Crippen LogP contribution in [0.1, 0.15) is 78.0 Å². The smallest absolute Gasteiger partial charge is 0.306 e. The van der Waals surface area contributed by atoms with E-state index in [1.165, 1.54) is 19.3 Å². The average Bonchev–Trinajstić information content (AvgIpc) is 2.68. The molecule has 4 nitrogen and oxygen atoms in total. The van der Waals surface area contributed by atoms with Gasteiger partial charge in [0.25, 0.3) is 0 Å². The summed E-state index contributed by atoms with van der Waals surface area (Å²) in [5.74, 6) is -1.08. The van der Waals surface area contributed by atoms with Crippen LogP contribution in [-0.4, -0.2) is 35.4 Å². The van der Waals surface area contributed by atoms with Gasteiger partial charge in [0.2, 0.25) is 0 Å². The second kappa shape index (κ2) is 20.7. The first kappa shape index (κ1) is 17.4. The number of hydrogen-bond acceptors (Lipinski definition) is 4. The third kappa shape index (κ3) is 18.9. The van der Waals surface area contributed by atoms with Gasteiger partial charge >= 0.3 is 5.97 Å². The number of unbranched alkanes of at least 4 members (excludes halogenated alkanes) is 4. The molecule has 0 heterocycles. The molecule has 0 aliphatic carbocycles. The van der Waals surface area contributed by atoms with Gasteiger partial charge in [-0.2, -0.15) is 0 Å². The lowest BCUT2D eigenvalue weighted by Gasteiger charge is -2.11. The Morgan fingerprint density at radius 3 is 1.85 bits per heavy atom. The number of ether oxygens (including phenoxy) is 1. The Hall–Kier alpha value is -1.65. The molecule has 154 valence electrons. The van der Waals surface area contributed by atoms with Crippen LogP contribution in [0.2, 0.25) is 0 Å². The molecule has 0 aliphatic rings. The molecule has 0 aromatic rings. The van der Waals surface area contributed by atoms with E-state index in [1.807, 2.05) is 18.2 Å². The van der Waals surface area contributed by atoms with Gasteiger partial charge in [-0.15, -0.1) is 0 Å². The van der Waals surface area contributed by atoms with Crippen molar-refractivity contribution in [3.8, 4) is 0 Å². The van der Waals surface area contributed by atoms with E-state index in [2.05, 4.69) is 42.0 Å². The minimum atomic E-state index is -3.58. The molecule has 0 amide bonds. The molecule has 0 unspecified atom stereocenters. The highest BCUT2D eigenvalue weighted by Gasteiger charge is 2.11. The van der Waals surface area contributed by atoms with E-state index in [0.29, 0.717) is 12.8 Å². The van der Waals surface area contributed by atoms with Gasteiger partial charge in [0.1, 0.15) is 6.08 Å². The van der Waals surface area contributed by atoms with Crippen molar-refractivity contribution in [2.45, 2.75) is 77.2 Å². The van der Waals surface area contributed by atoms with E-state index < -0.39 is 25.2 Å². The monoisotopic (exact) mass is 383 g/mol. The fraction of sp³-hybridized carbons (Fsp3) is 0.609. The fourth-order valence-corrected chi connectivity index (χ4v) is 2.16. The van der Waals surface area contributed by atoms with Crippen molar-refractivity contribution >= 4 is 5.97 Å². The molecule has 0 bridgehead atoms. The number of allylic oxidation sites excluding steroid dienone is 8. The Labute approximate surface area is 172 Å². The van der Waals surface area contributed by atoms with Crippen LogP contribution >= 0.6 is 0 Å². The first-order valence-corrected chi connectivity index (χ1v) is 9.72. The van der Waals surface area contributed by atoms with Crippen LogP contribution in [0, 0.1) is 0 Å². The van der Waals surface area contributed by atoms with Crippen molar-refractivity contribution in [1.29, 1.82) is 0 Å². The van der Waals surface area contributed by atoms with Gasteiger partial charge in [-0.25, -0.2) is 0 Å². The van der Waals surface area contributed by atoms with Gasteiger partial charge < -0.3 is 14.9 Å². The Bertz CT molecular complexity index is 617. The maximum absolute atomic E-state index is 11.8. The molecule has 0 aromatic heterocycles. The number of hydrogen-bond donors (Lipinski definition) is 2. The van der Waals surface area contributed by atoms with Crippen molar-refractivity contribution < 1.29 is 26.6 Å². The van der Waals surface area contributed by atoms with Crippen LogP contribution in [-0.2, 0) is 9.53 Å². The molecule has 0 rings (SSSR count). The predicted molar refractivity (Wildman–Crippen MR) is 112 cm³/mol. The summed E-state index contributed by atoms with van der Waals surface area (Å²) >= 11 is 0. The number of esters is 1. The first-order valence-electron chi connectivity index (χ1n) is 12.2. The summed E-state index contributed by atoms with van der Waals surface area (Å²) in [7, 11) is 0. The fourth-order valence-electron chi connectivity index (χ4n) is 2.16. The van der Waals surface area contributed by atoms with E-state index in [4.69, 9.17) is 6.85 Å². The average molecular weight is 384 g/mol. The van der Waals surface area contributed by atoms with Crippen molar-refractivity contribution in [3.05, 3.63) is 48.6 Å². The predicted octanol–water partition coefficient (Wildman–Crippen LogP) is 5.03. The second-order valence-corrected chi connectivity index (χ2v) is 6.01. The van der Waals surface area contributed by atoms with Crippen molar-refractivity contribution in [3.63, 3.8) is 0 Å². The highest BCUT2D eigenvalue weighted by Crippen LogP contribution is 2.03. The van der Waals surface area contributed by atoms with E-state index in [-0.39, 0.29) is 6.42 Å². The lowest BCUT2D eigenvalue weighted by Crippen LogP contribution is -2.25. The van der Waals surface area contributed by atoms with Crippen molar-refractivity contribution in [2.75, 3.05) is 13.1 Å². The summed E-state index contributed by atoms with van der Waals surface area (Å²) < 4.78 is 40.3. The molecule has 0 aromatic carbocycles. The summed E-state index contributed by atoms with van der Waals surface area (Å²) in [6, 6.07) is 0. The zero-order chi connectivity index (χ0) is 24.5. The lowest BCUT2D eigenvalue weighted by molar-refractivity contribution is -0.153. The topological polar surface area (TPSA) is 66.8 Å². The molecular formula is C23H38O4. The normalized spacial score (nSPS) is 16.6. The van der Waals surface area contributed by atoms with Crippen LogP contribution in [0.15, 0.2) is 48.6 Å². The largest absolute Gasteiger partial charge is 0.457 e. The number of rotatable bonds is 17. The Kier molecular flexibility index (Phi) is 13.4. The summed E-state index contributed by atoms with van der Waals surface area (Å²) in [6.45, 7) is -4.95. The number of carbonyl (C=O) groups is 1. The second-order valence-electron chi connectivity index (χ2n) is 6.01. The molecule has 0 fully saturated rings. The molecule has 0 atom stereocenters. The van der Waals surface area contributed by atoms with Crippen molar-refractivity contribution in [1.82, 2.24) is 0 Å². The molecule has 2 N–H and O–H groups in total. The lowest BCUT2D eigenvalue weighted by atomic mass is 10.2. The molecule has 4 heteroatoms. The quantitative estimate of drug-likeness (QED) is 0.210.